The molecule has 0 unspecified atom stereocenters. The number of ether oxygens (including phenoxy) is 1. The van der Waals surface area contributed by atoms with Gasteiger partial charge in [0.25, 0.3) is 5.56 Å². The van der Waals surface area contributed by atoms with Crippen LogP contribution in [0.15, 0.2) is 10.9 Å². The quantitative estimate of drug-likeness (QED) is 0.755. The fourth-order valence-electron chi connectivity index (χ4n) is 2.16. The van der Waals surface area contributed by atoms with Crippen molar-refractivity contribution in [3.05, 3.63) is 21.6 Å². The molecular formula is C11H16ClN3O2. The molecule has 6 heteroatoms. The van der Waals surface area contributed by atoms with Crippen molar-refractivity contribution in [2.45, 2.75) is 26.1 Å². The second-order valence-electron chi connectivity index (χ2n) is 4.44. The Labute approximate surface area is 105 Å². The molecule has 0 radical (unpaired) electrons. The molecule has 0 aliphatic carbocycles. The molecular weight excluding hydrogens is 242 g/mol. The maximum Gasteiger partial charge on any atom is 0.290 e. The van der Waals surface area contributed by atoms with Crippen LogP contribution in [-0.2, 0) is 11.8 Å². The van der Waals surface area contributed by atoms with E-state index in [1.807, 2.05) is 18.7 Å². The first-order chi connectivity index (χ1) is 7.97. The second kappa shape index (κ2) is 4.66. The Kier molecular flexibility index (Phi) is 3.40. The molecule has 0 aromatic carbocycles. The van der Waals surface area contributed by atoms with Crippen molar-refractivity contribution in [2.24, 2.45) is 7.05 Å². The summed E-state index contributed by atoms with van der Waals surface area (Å²) >= 11 is 5.89. The number of hydrogen-bond donors (Lipinski definition) is 0. The van der Waals surface area contributed by atoms with Crippen LogP contribution in [0.25, 0.3) is 0 Å². The summed E-state index contributed by atoms with van der Waals surface area (Å²) in [5.74, 6) is 0. The molecule has 1 aromatic heterocycles. The molecule has 0 amide bonds. The van der Waals surface area contributed by atoms with Gasteiger partial charge in [-0.2, -0.15) is 5.10 Å². The molecule has 0 saturated carbocycles. The van der Waals surface area contributed by atoms with E-state index in [2.05, 4.69) is 5.10 Å². The average Bonchev–Trinajstić information content (AvgIpc) is 2.22. The predicted molar refractivity (Wildman–Crippen MR) is 66.7 cm³/mol. The predicted octanol–water partition coefficient (Wildman–Crippen LogP) is 1.05. The highest BCUT2D eigenvalue weighted by atomic mass is 35.5. The Balaban J connectivity index is 2.36. The Morgan fingerprint density at radius 3 is 2.59 bits per heavy atom. The minimum atomic E-state index is -0.129. The van der Waals surface area contributed by atoms with Gasteiger partial charge >= 0.3 is 0 Å². The van der Waals surface area contributed by atoms with Gasteiger partial charge in [0.2, 0.25) is 0 Å². The van der Waals surface area contributed by atoms with E-state index < -0.39 is 0 Å². The van der Waals surface area contributed by atoms with Gasteiger partial charge in [0.15, 0.2) is 5.15 Å². The van der Waals surface area contributed by atoms with E-state index in [4.69, 9.17) is 16.3 Å². The summed E-state index contributed by atoms with van der Waals surface area (Å²) in [7, 11) is 1.60. The summed E-state index contributed by atoms with van der Waals surface area (Å²) in [4.78, 5) is 14.0. The number of aryl methyl sites for hydroxylation is 1. The van der Waals surface area contributed by atoms with E-state index in [1.165, 1.54) is 4.68 Å². The van der Waals surface area contributed by atoms with Gasteiger partial charge in [-0.15, -0.1) is 0 Å². The maximum absolute atomic E-state index is 12.0. The molecule has 5 nitrogen and oxygen atoms in total. The van der Waals surface area contributed by atoms with Gasteiger partial charge in [-0.1, -0.05) is 11.6 Å². The summed E-state index contributed by atoms with van der Waals surface area (Å²) < 4.78 is 6.91. The molecule has 1 aliphatic heterocycles. The van der Waals surface area contributed by atoms with Crippen LogP contribution in [0.1, 0.15) is 13.8 Å². The summed E-state index contributed by atoms with van der Waals surface area (Å²) in [5.41, 5.74) is 0.463. The van der Waals surface area contributed by atoms with Gasteiger partial charge in [0.1, 0.15) is 5.69 Å². The molecule has 0 spiro atoms. The zero-order valence-electron chi connectivity index (χ0n) is 10.2. The van der Waals surface area contributed by atoms with Crippen LogP contribution in [-0.4, -0.2) is 35.1 Å². The van der Waals surface area contributed by atoms with Crippen molar-refractivity contribution in [2.75, 3.05) is 18.0 Å². The molecule has 1 aromatic rings. The van der Waals surface area contributed by atoms with E-state index in [-0.39, 0.29) is 17.8 Å². The number of morpholine rings is 1. The van der Waals surface area contributed by atoms with Crippen molar-refractivity contribution < 1.29 is 4.74 Å². The van der Waals surface area contributed by atoms with Crippen LogP contribution in [0, 0.1) is 0 Å². The summed E-state index contributed by atoms with van der Waals surface area (Å²) in [6, 6.07) is 1.62. The molecule has 0 bridgehead atoms. The van der Waals surface area contributed by atoms with Crippen molar-refractivity contribution in [1.82, 2.24) is 9.78 Å². The fraction of sp³-hybridized carbons (Fsp3) is 0.636. The highest BCUT2D eigenvalue weighted by Gasteiger charge is 2.24. The minimum absolute atomic E-state index is 0.107. The zero-order chi connectivity index (χ0) is 12.6. The summed E-state index contributed by atoms with van der Waals surface area (Å²) in [5, 5.41) is 4.21. The minimum Gasteiger partial charge on any atom is -0.372 e. The fourth-order valence-corrected chi connectivity index (χ4v) is 2.38. The third-order valence-electron chi connectivity index (χ3n) is 2.77. The topological polar surface area (TPSA) is 47.4 Å². The molecule has 1 saturated heterocycles. The smallest absolute Gasteiger partial charge is 0.290 e. The lowest BCUT2D eigenvalue weighted by atomic mass is 10.2. The Hall–Kier alpha value is -1.07. The highest BCUT2D eigenvalue weighted by Crippen LogP contribution is 2.18. The molecule has 1 aliphatic rings. The molecule has 0 N–H and O–H groups in total. The maximum atomic E-state index is 12.0. The van der Waals surface area contributed by atoms with Crippen molar-refractivity contribution >= 4 is 17.3 Å². The highest BCUT2D eigenvalue weighted by molar-refractivity contribution is 6.29. The van der Waals surface area contributed by atoms with Gasteiger partial charge in [0, 0.05) is 26.2 Å². The average molecular weight is 258 g/mol. The Bertz CT molecular complexity index is 464. The third-order valence-corrected chi connectivity index (χ3v) is 2.96. The zero-order valence-corrected chi connectivity index (χ0v) is 10.9. The van der Waals surface area contributed by atoms with Gasteiger partial charge in [-0.05, 0) is 13.8 Å². The van der Waals surface area contributed by atoms with Gasteiger partial charge in [-0.25, -0.2) is 4.68 Å². The molecule has 2 atom stereocenters. The molecule has 17 heavy (non-hydrogen) atoms. The lowest BCUT2D eigenvalue weighted by Gasteiger charge is -2.36. The molecule has 2 rings (SSSR count). The number of anilines is 1. The number of aromatic nitrogens is 2. The molecule has 2 heterocycles. The number of hydrogen-bond acceptors (Lipinski definition) is 4. The lowest BCUT2D eigenvalue weighted by molar-refractivity contribution is -0.00532. The van der Waals surface area contributed by atoms with E-state index >= 15 is 0 Å². The number of rotatable bonds is 1. The molecule has 1 fully saturated rings. The summed E-state index contributed by atoms with van der Waals surface area (Å²) in [6.07, 6.45) is 0.214. The van der Waals surface area contributed by atoms with Crippen molar-refractivity contribution in [1.29, 1.82) is 0 Å². The van der Waals surface area contributed by atoms with Crippen molar-refractivity contribution in [3.63, 3.8) is 0 Å². The van der Waals surface area contributed by atoms with E-state index in [0.717, 1.165) is 0 Å². The van der Waals surface area contributed by atoms with E-state index in [1.54, 1.807) is 13.1 Å². The van der Waals surface area contributed by atoms with Gasteiger partial charge < -0.3 is 9.64 Å². The van der Waals surface area contributed by atoms with Crippen LogP contribution < -0.4 is 10.5 Å². The van der Waals surface area contributed by atoms with Crippen LogP contribution >= 0.6 is 11.6 Å². The standard InChI is InChI=1S/C11H16ClN3O2/c1-7-5-15(6-8(2)17-7)9-4-10(12)13-14(3)11(9)16/h4,7-8H,5-6H2,1-3H3/t7-,8+. The van der Waals surface area contributed by atoms with Gasteiger partial charge in [0.05, 0.1) is 12.2 Å². The Morgan fingerprint density at radius 2 is 2.00 bits per heavy atom. The second-order valence-corrected chi connectivity index (χ2v) is 4.83. The Morgan fingerprint density at radius 1 is 1.41 bits per heavy atom. The first kappa shape index (κ1) is 12.4. The largest absolute Gasteiger partial charge is 0.372 e. The van der Waals surface area contributed by atoms with Crippen LogP contribution in [0.4, 0.5) is 5.69 Å². The number of halogens is 1. The van der Waals surface area contributed by atoms with Gasteiger partial charge in [-0.3, -0.25) is 4.79 Å². The van der Waals surface area contributed by atoms with E-state index in [9.17, 15) is 4.79 Å². The van der Waals surface area contributed by atoms with Crippen LogP contribution in [0.3, 0.4) is 0 Å². The third kappa shape index (κ3) is 2.61. The summed E-state index contributed by atoms with van der Waals surface area (Å²) in [6.45, 7) is 5.38. The van der Waals surface area contributed by atoms with E-state index in [0.29, 0.717) is 23.9 Å². The first-order valence-corrected chi connectivity index (χ1v) is 5.99. The first-order valence-electron chi connectivity index (χ1n) is 5.61. The monoisotopic (exact) mass is 257 g/mol. The normalized spacial score (nSPS) is 25.1. The number of nitrogens with zero attached hydrogens (tertiary/aromatic N) is 3. The van der Waals surface area contributed by atoms with Crippen LogP contribution in [0.2, 0.25) is 5.15 Å². The lowest BCUT2D eigenvalue weighted by Crippen LogP contribution is -2.47. The van der Waals surface area contributed by atoms with Crippen LogP contribution in [0.5, 0.6) is 0 Å². The molecule has 94 valence electrons. The van der Waals surface area contributed by atoms with Crippen molar-refractivity contribution in [3.8, 4) is 0 Å². The SMILES string of the molecule is C[C@@H]1CN(c2cc(Cl)nn(C)c2=O)C[C@H](C)O1.